The molecule has 4 rings (SSSR count). The number of carbonyl (C=O) groups is 1. The molecule has 0 radical (unpaired) electrons. The number of fused-ring (bicyclic) bond motifs is 1. The Balaban J connectivity index is 1.71. The zero-order valence-corrected chi connectivity index (χ0v) is 19.0. The molecule has 5 nitrogen and oxygen atoms in total. The smallest absolute Gasteiger partial charge is 0.260 e. The number of anilines is 1. The molecule has 0 aliphatic rings. The van der Waals surface area contributed by atoms with Crippen molar-refractivity contribution in [3.8, 4) is 0 Å². The minimum absolute atomic E-state index is 0.0332. The van der Waals surface area contributed by atoms with Crippen LogP contribution in [0.4, 0.5) is 5.13 Å². The number of benzene rings is 2. The number of aryl methyl sites for hydroxylation is 2. The van der Waals surface area contributed by atoms with Crippen molar-refractivity contribution in [2.45, 2.75) is 32.2 Å². The molecule has 2 aromatic heterocycles. The van der Waals surface area contributed by atoms with E-state index in [-0.39, 0.29) is 5.91 Å². The number of rotatable bonds is 7. The molecule has 30 heavy (non-hydrogen) atoms. The molecule has 4 aromatic rings. The molecule has 0 aliphatic carbocycles. The van der Waals surface area contributed by atoms with Gasteiger partial charge in [-0.1, -0.05) is 30.4 Å². The van der Waals surface area contributed by atoms with E-state index < -0.39 is 0 Å². The summed E-state index contributed by atoms with van der Waals surface area (Å²) in [7, 11) is 0. The van der Waals surface area contributed by atoms with Crippen LogP contribution in [0, 0.1) is 13.8 Å². The summed E-state index contributed by atoms with van der Waals surface area (Å²) in [6.45, 7) is 7.38. The second-order valence-corrected chi connectivity index (χ2v) is 9.46. The molecule has 0 saturated heterocycles. The lowest BCUT2D eigenvalue weighted by atomic mass is 10.1. The van der Waals surface area contributed by atoms with Crippen LogP contribution in [0.15, 0.2) is 59.8 Å². The maximum absolute atomic E-state index is 13.5. The highest BCUT2D eigenvalue weighted by molar-refractivity contribution is 7.99. The molecular weight excluding hydrogens is 412 g/mol. The van der Waals surface area contributed by atoms with Gasteiger partial charge in [0.15, 0.2) is 5.13 Å². The summed E-state index contributed by atoms with van der Waals surface area (Å²) in [6, 6.07) is 14.0. The van der Waals surface area contributed by atoms with Gasteiger partial charge in [-0.2, -0.15) is 5.10 Å². The monoisotopic (exact) mass is 436 g/mol. The highest BCUT2D eigenvalue weighted by Crippen LogP contribution is 2.32. The molecule has 7 heteroatoms. The van der Waals surface area contributed by atoms with Crippen molar-refractivity contribution < 1.29 is 4.79 Å². The molecule has 2 heterocycles. The first-order chi connectivity index (χ1) is 14.5. The zero-order chi connectivity index (χ0) is 21.1. The average molecular weight is 437 g/mol. The molecule has 1 amide bonds. The summed E-state index contributed by atoms with van der Waals surface area (Å²) in [5, 5.41) is 5.01. The van der Waals surface area contributed by atoms with Gasteiger partial charge in [-0.3, -0.25) is 14.4 Å². The highest BCUT2D eigenvalue weighted by Gasteiger charge is 2.22. The highest BCUT2D eigenvalue weighted by atomic mass is 32.2. The van der Waals surface area contributed by atoms with Crippen LogP contribution < -0.4 is 4.90 Å². The third-order valence-electron chi connectivity index (χ3n) is 4.80. The Kier molecular flexibility index (Phi) is 6.20. The predicted molar refractivity (Wildman–Crippen MR) is 126 cm³/mol. The lowest BCUT2D eigenvalue weighted by molar-refractivity contribution is 0.0985. The van der Waals surface area contributed by atoms with E-state index in [0.29, 0.717) is 18.7 Å². The molecule has 0 N–H and O–H groups in total. The van der Waals surface area contributed by atoms with Crippen LogP contribution in [0.5, 0.6) is 0 Å². The summed E-state index contributed by atoms with van der Waals surface area (Å²) in [5.41, 5.74) is 3.98. The number of hydrogen-bond donors (Lipinski definition) is 0. The van der Waals surface area contributed by atoms with Crippen molar-refractivity contribution in [3.63, 3.8) is 0 Å². The topological polar surface area (TPSA) is 51.0 Å². The third kappa shape index (κ3) is 4.42. The van der Waals surface area contributed by atoms with Gasteiger partial charge >= 0.3 is 0 Å². The molecule has 0 saturated carbocycles. The molecule has 0 unspecified atom stereocenters. The van der Waals surface area contributed by atoms with Gasteiger partial charge in [-0.15, -0.1) is 11.8 Å². The SMILES string of the molecule is CCSc1cccc(C(=O)N(CCn2cccn2)c2nc3c(C)cc(C)cc3s2)c1. The van der Waals surface area contributed by atoms with E-state index in [1.807, 2.05) is 41.2 Å². The van der Waals surface area contributed by atoms with Crippen LogP contribution in [-0.4, -0.2) is 33.0 Å². The Hall–Kier alpha value is -2.64. The first-order valence-corrected chi connectivity index (χ1v) is 11.8. The van der Waals surface area contributed by atoms with E-state index in [9.17, 15) is 4.79 Å². The van der Waals surface area contributed by atoms with E-state index in [4.69, 9.17) is 4.98 Å². The molecule has 0 fully saturated rings. The van der Waals surface area contributed by atoms with Crippen molar-refractivity contribution in [1.29, 1.82) is 0 Å². The van der Waals surface area contributed by atoms with Crippen molar-refractivity contribution in [3.05, 3.63) is 71.5 Å². The lowest BCUT2D eigenvalue weighted by Gasteiger charge is -2.20. The normalized spacial score (nSPS) is 11.2. The number of aromatic nitrogens is 3. The van der Waals surface area contributed by atoms with E-state index in [1.54, 1.807) is 34.2 Å². The second kappa shape index (κ2) is 9.02. The zero-order valence-electron chi connectivity index (χ0n) is 17.3. The fourth-order valence-corrected chi connectivity index (χ4v) is 5.32. The van der Waals surface area contributed by atoms with Crippen LogP contribution in [-0.2, 0) is 6.54 Å². The van der Waals surface area contributed by atoms with Crippen LogP contribution >= 0.6 is 23.1 Å². The summed E-state index contributed by atoms with van der Waals surface area (Å²) in [6.07, 6.45) is 3.66. The first-order valence-electron chi connectivity index (χ1n) is 9.95. The molecule has 0 bridgehead atoms. The van der Waals surface area contributed by atoms with E-state index >= 15 is 0 Å². The molecule has 0 aliphatic heterocycles. The van der Waals surface area contributed by atoms with E-state index in [2.05, 4.69) is 38.0 Å². The van der Waals surface area contributed by atoms with Gasteiger partial charge in [0.1, 0.15) is 0 Å². The number of nitrogens with zero attached hydrogens (tertiary/aromatic N) is 4. The number of hydrogen-bond acceptors (Lipinski definition) is 5. The summed E-state index contributed by atoms with van der Waals surface area (Å²) < 4.78 is 2.95. The van der Waals surface area contributed by atoms with Crippen LogP contribution in [0.1, 0.15) is 28.4 Å². The lowest BCUT2D eigenvalue weighted by Crippen LogP contribution is -2.34. The van der Waals surface area contributed by atoms with Gasteiger partial charge in [0.2, 0.25) is 0 Å². The minimum atomic E-state index is -0.0332. The van der Waals surface area contributed by atoms with Gasteiger partial charge < -0.3 is 0 Å². The van der Waals surface area contributed by atoms with Crippen LogP contribution in [0.2, 0.25) is 0 Å². The van der Waals surface area contributed by atoms with Gasteiger partial charge in [0, 0.05) is 29.4 Å². The number of thioether (sulfide) groups is 1. The standard InChI is InChI=1S/C23H24N4OS2/c1-4-29-19-8-5-7-18(15-19)22(28)27(12-11-26-10-6-9-24-26)23-25-21-17(3)13-16(2)14-20(21)30-23/h5-10,13-15H,4,11-12H2,1-3H3. The summed E-state index contributed by atoms with van der Waals surface area (Å²) in [5.74, 6) is 0.936. The maximum Gasteiger partial charge on any atom is 0.260 e. The number of carbonyl (C=O) groups excluding carboxylic acids is 1. The van der Waals surface area contributed by atoms with Gasteiger partial charge in [-0.05, 0) is 61.1 Å². The second-order valence-electron chi connectivity index (χ2n) is 7.11. The largest absolute Gasteiger partial charge is 0.282 e. The Morgan fingerprint density at radius 2 is 2.07 bits per heavy atom. The third-order valence-corrected chi connectivity index (χ3v) is 6.70. The van der Waals surface area contributed by atoms with Crippen molar-refractivity contribution >= 4 is 44.4 Å². The summed E-state index contributed by atoms with van der Waals surface area (Å²) >= 11 is 3.30. The average Bonchev–Trinajstić information content (AvgIpc) is 3.38. The maximum atomic E-state index is 13.5. The van der Waals surface area contributed by atoms with E-state index in [0.717, 1.165) is 31.6 Å². The Labute approximate surface area is 184 Å². The van der Waals surface area contributed by atoms with Crippen LogP contribution in [0.25, 0.3) is 10.2 Å². The molecular formula is C23H24N4OS2. The summed E-state index contributed by atoms with van der Waals surface area (Å²) in [4.78, 5) is 21.3. The fourth-order valence-electron chi connectivity index (χ4n) is 3.43. The molecule has 0 atom stereocenters. The molecule has 2 aromatic carbocycles. The van der Waals surface area contributed by atoms with Crippen LogP contribution in [0.3, 0.4) is 0 Å². The van der Waals surface area contributed by atoms with Crippen molar-refractivity contribution in [2.24, 2.45) is 0 Å². The van der Waals surface area contributed by atoms with Crippen molar-refractivity contribution in [1.82, 2.24) is 14.8 Å². The first kappa shape index (κ1) is 20.6. The quantitative estimate of drug-likeness (QED) is 0.356. The van der Waals surface area contributed by atoms with Gasteiger partial charge in [0.05, 0.1) is 16.8 Å². The minimum Gasteiger partial charge on any atom is -0.282 e. The Bertz CT molecular complexity index is 1170. The predicted octanol–water partition coefficient (Wildman–Crippen LogP) is 5.57. The van der Waals surface area contributed by atoms with Gasteiger partial charge in [-0.25, -0.2) is 4.98 Å². The molecule has 154 valence electrons. The van der Waals surface area contributed by atoms with Crippen molar-refractivity contribution in [2.75, 3.05) is 17.2 Å². The number of amides is 1. The van der Waals surface area contributed by atoms with E-state index in [1.165, 1.54) is 5.56 Å². The molecule has 0 spiro atoms. The Morgan fingerprint density at radius 3 is 2.83 bits per heavy atom. The fraction of sp³-hybridized carbons (Fsp3) is 0.261. The Morgan fingerprint density at radius 1 is 1.20 bits per heavy atom. The number of thiazole rings is 1. The van der Waals surface area contributed by atoms with Gasteiger partial charge in [0.25, 0.3) is 5.91 Å².